The molecule has 0 spiro atoms. The fraction of sp³-hybridized carbons (Fsp3) is 0.400. The van der Waals surface area contributed by atoms with Crippen molar-refractivity contribution < 1.29 is 10.2 Å². The van der Waals surface area contributed by atoms with Crippen molar-refractivity contribution in [3.05, 3.63) is 21.1 Å². The van der Waals surface area contributed by atoms with Crippen LogP contribution in [0.5, 0.6) is 11.5 Å². The molecule has 0 aliphatic carbocycles. The zero-order valence-corrected chi connectivity index (χ0v) is 10.6. The molecule has 0 amide bonds. The summed E-state index contributed by atoms with van der Waals surface area (Å²) >= 11 is 9.08. The van der Waals surface area contributed by atoms with Crippen LogP contribution in [0.3, 0.4) is 0 Å². The smallest absolute Gasteiger partial charge is 0.178 e. The van der Waals surface area contributed by atoms with Crippen molar-refractivity contribution in [1.82, 2.24) is 0 Å². The minimum absolute atomic E-state index is 0.176. The number of rotatable bonds is 0. The predicted molar refractivity (Wildman–Crippen MR) is 61.2 cm³/mol. The maximum atomic E-state index is 9.52. The molecule has 4 heteroatoms. The van der Waals surface area contributed by atoms with Gasteiger partial charge in [0.15, 0.2) is 11.5 Å². The van der Waals surface area contributed by atoms with E-state index in [4.69, 9.17) is 11.6 Å². The number of hydrogen-bond acceptors (Lipinski definition) is 2. The van der Waals surface area contributed by atoms with Crippen LogP contribution in [-0.2, 0) is 5.41 Å². The van der Waals surface area contributed by atoms with Crippen molar-refractivity contribution in [3.8, 4) is 11.5 Å². The molecule has 0 fully saturated rings. The van der Waals surface area contributed by atoms with Crippen molar-refractivity contribution in [3.63, 3.8) is 0 Å². The van der Waals surface area contributed by atoms with E-state index < -0.39 is 0 Å². The highest BCUT2D eigenvalue weighted by atomic mass is 79.9. The Balaban J connectivity index is 3.49. The number of phenolic OH excluding ortho intramolecular Hbond substituents is 2. The van der Waals surface area contributed by atoms with Crippen molar-refractivity contribution in [2.45, 2.75) is 26.2 Å². The van der Waals surface area contributed by atoms with E-state index in [2.05, 4.69) is 15.9 Å². The van der Waals surface area contributed by atoms with Gasteiger partial charge in [-0.2, -0.15) is 0 Å². The van der Waals surface area contributed by atoms with Crippen LogP contribution < -0.4 is 0 Å². The molecule has 2 nitrogen and oxygen atoms in total. The number of hydrogen-bond donors (Lipinski definition) is 2. The first-order valence-electron chi connectivity index (χ1n) is 4.15. The van der Waals surface area contributed by atoms with Gasteiger partial charge in [0.1, 0.15) is 0 Å². The Morgan fingerprint density at radius 1 is 1.21 bits per heavy atom. The largest absolute Gasteiger partial charge is 0.503 e. The molecule has 1 aromatic carbocycles. The Hall–Kier alpha value is -0.410. The molecule has 78 valence electrons. The van der Waals surface area contributed by atoms with Crippen molar-refractivity contribution in [1.29, 1.82) is 0 Å². The lowest BCUT2D eigenvalue weighted by Gasteiger charge is -2.21. The van der Waals surface area contributed by atoms with Gasteiger partial charge in [-0.1, -0.05) is 32.4 Å². The Labute approximate surface area is 96.7 Å². The van der Waals surface area contributed by atoms with E-state index in [0.717, 1.165) is 5.56 Å². The summed E-state index contributed by atoms with van der Waals surface area (Å²) in [6.07, 6.45) is 0. The third-order valence-electron chi connectivity index (χ3n) is 1.97. The summed E-state index contributed by atoms with van der Waals surface area (Å²) in [6, 6.07) is 1.72. The second-order valence-electron chi connectivity index (χ2n) is 4.17. The molecule has 0 saturated heterocycles. The molecule has 0 heterocycles. The van der Waals surface area contributed by atoms with Gasteiger partial charge in [-0.25, -0.2) is 0 Å². The molecule has 0 radical (unpaired) electrons. The Bertz CT molecular complexity index is 369. The molecule has 2 N–H and O–H groups in total. The number of halogens is 2. The molecular formula is C10H12BrClO2. The summed E-state index contributed by atoms with van der Waals surface area (Å²) in [6.45, 7) is 5.95. The highest BCUT2D eigenvalue weighted by molar-refractivity contribution is 9.10. The van der Waals surface area contributed by atoms with Crippen LogP contribution in [0, 0.1) is 0 Å². The second-order valence-corrected chi connectivity index (χ2v) is 5.40. The van der Waals surface area contributed by atoms with Crippen LogP contribution in [-0.4, -0.2) is 10.2 Å². The summed E-state index contributed by atoms with van der Waals surface area (Å²) in [4.78, 5) is 0. The van der Waals surface area contributed by atoms with Gasteiger partial charge in [-0.15, -0.1) is 0 Å². The van der Waals surface area contributed by atoms with Crippen LogP contribution in [0.25, 0.3) is 0 Å². The molecule has 0 unspecified atom stereocenters. The highest BCUT2D eigenvalue weighted by Crippen LogP contribution is 2.44. The lowest BCUT2D eigenvalue weighted by atomic mass is 9.87. The van der Waals surface area contributed by atoms with E-state index in [1.807, 2.05) is 20.8 Å². The summed E-state index contributed by atoms with van der Waals surface area (Å²) in [5, 5.41) is 19.1. The standard InChI is InChI=1S/C10H12BrClO2/c1-10(2,3)5-4-6(11)8(13)9(14)7(5)12/h4,13-14H,1-3H3. The van der Waals surface area contributed by atoms with Crippen LogP contribution >= 0.6 is 27.5 Å². The predicted octanol–water partition coefficient (Wildman–Crippen LogP) is 3.81. The number of phenols is 2. The zero-order valence-electron chi connectivity index (χ0n) is 8.23. The molecule has 0 aliphatic heterocycles. The summed E-state index contributed by atoms with van der Waals surface area (Å²) in [7, 11) is 0. The third-order valence-corrected chi connectivity index (χ3v) is 2.96. The minimum atomic E-state index is -0.272. The number of aromatic hydroxyl groups is 2. The quantitative estimate of drug-likeness (QED) is 0.709. The Morgan fingerprint density at radius 3 is 2.14 bits per heavy atom. The average Bonchev–Trinajstić information content (AvgIpc) is 2.06. The first kappa shape index (κ1) is 11.7. The fourth-order valence-electron chi connectivity index (χ4n) is 1.15. The Kier molecular flexibility index (Phi) is 3.02. The van der Waals surface area contributed by atoms with E-state index in [1.165, 1.54) is 0 Å². The molecule has 0 aromatic heterocycles. The van der Waals surface area contributed by atoms with Gasteiger partial charge >= 0.3 is 0 Å². The summed E-state index contributed by atoms with van der Waals surface area (Å²) in [5.74, 6) is -0.492. The molecule has 0 aliphatic rings. The first-order valence-corrected chi connectivity index (χ1v) is 5.32. The monoisotopic (exact) mass is 278 g/mol. The van der Waals surface area contributed by atoms with E-state index >= 15 is 0 Å². The molecule has 0 atom stereocenters. The van der Waals surface area contributed by atoms with E-state index in [9.17, 15) is 10.2 Å². The highest BCUT2D eigenvalue weighted by Gasteiger charge is 2.22. The van der Waals surface area contributed by atoms with Crippen LogP contribution in [0.15, 0.2) is 10.5 Å². The topological polar surface area (TPSA) is 40.5 Å². The zero-order chi connectivity index (χ0) is 11.1. The SMILES string of the molecule is CC(C)(C)c1cc(Br)c(O)c(O)c1Cl. The van der Waals surface area contributed by atoms with Gasteiger partial charge in [-0.05, 0) is 33.0 Å². The van der Waals surface area contributed by atoms with Crippen molar-refractivity contribution in [2.75, 3.05) is 0 Å². The second kappa shape index (κ2) is 3.63. The molecule has 1 aromatic rings. The van der Waals surface area contributed by atoms with Crippen molar-refractivity contribution in [2.24, 2.45) is 0 Å². The van der Waals surface area contributed by atoms with Crippen LogP contribution in [0.4, 0.5) is 0 Å². The van der Waals surface area contributed by atoms with E-state index in [1.54, 1.807) is 6.07 Å². The molecule has 0 bridgehead atoms. The normalized spacial score (nSPS) is 11.8. The van der Waals surface area contributed by atoms with E-state index in [0.29, 0.717) is 4.47 Å². The van der Waals surface area contributed by atoms with Gasteiger partial charge in [-0.3, -0.25) is 0 Å². The van der Waals surface area contributed by atoms with Gasteiger partial charge in [0.25, 0.3) is 0 Å². The van der Waals surface area contributed by atoms with Crippen molar-refractivity contribution >= 4 is 27.5 Å². The molecule has 14 heavy (non-hydrogen) atoms. The van der Waals surface area contributed by atoms with E-state index in [-0.39, 0.29) is 21.9 Å². The Morgan fingerprint density at radius 2 is 1.71 bits per heavy atom. The first-order chi connectivity index (χ1) is 6.25. The maximum absolute atomic E-state index is 9.52. The molecular weight excluding hydrogens is 267 g/mol. The maximum Gasteiger partial charge on any atom is 0.178 e. The van der Waals surface area contributed by atoms with Crippen LogP contribution in [0.2, 0.25) is 5.02 Å². The fourth-order valence-corrected chi connectivity index (χ4v) is 1.99. The number of benzene rings is 1. The lowest BCUT2D eigenvalue weighted by molar-refractivity contribution is 0.399. The molecule has 1 rings (SSSR count). The molecule has 0 saturated carbocycles. The average molecular weight is 280 g/mol. The minimum Gasteiger partial charge on any atom is -0.503 e. The van der Waals surface area contributed by atoms with Gasteiger partial charge in [0, 0.05) is 0 Å². The van der Waals surface area contributed by atoms with Gasteiger partial charge in [0.2, 0.25) is 0 Å². The summed E-state index contributed by atoms with van der Waals surface area (Å²) in [5.41, 5.74) is 0.617. The third kappa shape index (κ3) is 1.98. The van der Waals surface area contributed by atoms with Gasteiger partial charge in [0.05, 0.1) is 9.50 Å². The summed E-state index contributed by atoms with van der Waals surface area (Å²) < 4.78 is 0.448. The van der Waals surface area contributed by atoms with Gasteiger partial charge < -0.3 is 10.2 Å². The van der Waals surface area contributed by atoms with Crippen LogP contribution in [0.1, 0.15) is 26.3 Å². The lowest BCUT2D eigenvalue weighted by Crippen LogP contribution is -2.11.